The van der Waals surface area contributed by atoms with Crippen LogP contribution in [0.5, 0.6) is 0 Å². The Bertz CT molecular complexity index is 905. The zero-order chi connectivity index (χ0) is 18.7. The Morgan fingerprint density at radius 1 is 1.08 bits per heavy atom. The van der Waals surface area contributed by atoms with Gasteiger partial charge in [-0.15, -0.1) is 0 Å². The molecule has 0 spiro atoms. The lowest BCUT2D eigenvalue weighted by Gasteiger charge is -2.44. The van der Waals surface area contributed by atoms with E-state index in [0.717, 1.165) is 40.3 Å². The summed E-state index contributed by atoms with van der Waals surface area (Å²) in [5, 5.41) is 11.3. The van der Waals surface area contributed by atoms with Crippen molar-refractivity contribution in [3.63, 3.8) is 0 Å². The Kier molecular flexibility index (Phi) is 3.66. The molecule has 0 radical (unpaired) electrons. The molecule has 2 aromatic rings. The quantitative estimate of drug-likeness (QED) is 0.810. The molecule has 26 heavy (non-hydrogen) atoms. The fraction of sp³-hybridized carbons (Fsp3) is 0.455. The molecular weight excluding hydrogens is 322 g/mol. The van der Waals surface area contributed by atoms with E-state index in [1.807, 2.05) is 6.07 Å². The first kappa shape index (κ1) is 17.1. The number of rotatable bonds is 2. The molecule has 2 aliphatic rings. The SMILES string of the molecule is CC(C)c1[nH]nc2c1C(C)(c1ccccc1)C1=C(CC(C)(C)CC1=O)N2. The second-order valence-corrected chi connectivity index (χ2v) is 8.93. The number of carbonyl (C=O) groups is 1. The Morgan fingerprint density at radius 3 is 2.42 bits per heavy atom. The van der Waals surface area contributed by atoms with Gasteiger partial charge >= 0.3 is 0 Å². The summed E-state index contributed by atoms with van der Waals surface area (Å²) in [6.45, 7) is 10.8. The van der Waals surface area contributed by atoms with Crippen LogP contribution in [0.15, 0.2) is 41.6 Å². The van der Waals surface area contributed by atoms with Crippen molar-refractivity contribution in [3.8, 4) is 0 Å². The van der Waals surface area contributed by atoms with Crippen LogP contribution in [-0.4, -0.2) is 16.0 Å². The van der Waals surface area contributed by atoms with Crippen molar-refractivity contribution < 1.29 is 4.79 Å². The molecule has 1 aliphatic heterocycles. The summed E-state index contributed by atoms with van der Waals surface area (Å²) in [6, 6.07) is 10.4. The summed E-state index contributed by atoms with van der Waals surface area (Å²) in [5.74, 6) is 1.41. The minimum absolute atomic E-state index is 0.0325. The van der Waals surface area contributed by atoms with Crippen LogP contribution in [0, 0.1) is 5.41 Å². The standard InChI is InChI=1S/C22H27N3O/c1-13(2)19-18-20(25-24-19)23-15-11-21(3,4)12-16(26)17(15)22(18,5)14-9-7-6-8-10-14/h6-10,13H,11-12H2,1-5H3,(H2,23,24,25). The van der Waals surface area contributed by atoms with E-state index in [9.17, 15) is 4.79 Å². The molecule has 4 rings (SSSR count). The molecule has 1 aromatic carbocycles. The zero-order valence-electron chi connectivity index (χ0n) is 16.2. The van der Waals surface area contributed by atoms with Crippen molar-refractivity contribution in [2.24, 2.45) is 5.41 Å². The van der Waals surface area contributed by atoms with Gasteiger partial charge < -0.3 is 5.32 Å². The number of anilines is 1. The van der Waals surface area contributed by atoms with E-state index in [4.69, 9.17) is 0 Å². The summed E-state index contributed by atoms with van der Waals surface area (Å²) >= 11 is 0. The van der Waals surface area contributed by atoms with Crippen molar-refractivity contribution in [1.29, 1.82) is 0 Å². The van der Waals surface area contributed by atoms with Gasteiger partial charge in [0.1, 0.15) is 0 Å². The lowest BCUT2D eigenvalue weighted by molar-refractivity contribution is -0.118. The predicted octanol–water partition coefficient (Wildman–Crippen LogP) is 4.91. The third-order valence-corrected chi connectivity index (χ3v) is 5.87. The predicted molar refractivity (Wildman–Crippen MR) is 104 cm³/mol. The highest BCUT2D eigenvalue weighted by atomic mass is 16.1. The minimum atomic E-state index is -0.489. The third-order valence-electron chi connectivity index (χ3n) is 5.87. The number of aromatic amines is 1. The minimum Gasteiger partial charge on any atom is -0.342 e. The molecule has 0 amide bonds. The second kappa shape index (κ2) is 5.57. The number of hydrogen-bond donors (Lipinski definition) is 2. The van der Waals surface area contributed by atoms with E-state index in [1.54, 1.807) is 0 Å². The average molecular weight is 349 g/mol. The Labute approximate surface area is 155 Å². The van der Waals surface area contributed by atoms with E-state index in [-0.39, 0.29) is 11.2 Å². The number of hydrogen-bond acceptors (Lipinski definition) is 3. The van der Waals surface area contributed by atoms with Crippen LogP contribution in [0.25, 0.3) is 0 Å². The second-order valence-electron chi connectivity index (χ2n) is 8.93. The lowest BCUT2D eigenvalue weighted by atomic mass is 9.61. The van der Waals surface area contributed by atoms with Gasteiger partial charge in [0.15, 0.2) is 11.6 Å². The van der Waals surface area contributed by atoms with Crippen molar-refractivity contribution >= 4 is 11.6 Å². The number of allylic oxidation sites excluding steroid dienone is 2. The van der Waals surface area contributed by atoms with E-state index >= 15 is 0 Å². The van der Waals surface area contributed by atoms with Gasteiger partial charge in [-0.1, -0.05) is 58.0 Å². The molecule has 0 fully saturated rings. The van der Waals surface area contributed by atoms with E-state index in [0.29, 0.717) is 12.3 Å². The van der Waals surface area contributed by atoms with Crippen LogP contribution in [0.4, 0.5) is 5.82 Å². The summed E-state index contributed by atoms with van der Waals surface area (Å²) in [4.78, 5) is 13.3. The van der Waals surface area contributed by atoms with Crippen LogP contribution < -0.4 is 5.32 Å². The molecule has 4 heteroatoms. The number of nitrogens with one attached hydrogen (secondary N) is 2. The van der Waals surface area contributed by atoms with Gasteiger partial charge in [-0.2, -0.15) is 5.10 Å². The molecule has 2 heterocycles. The van der Waals surface area contributed by atoms with Crippen LogP contribution in [0.1, 0.15) is 70.2 Å². The van der Waals surface area contributed by atoms with Gasteiger partial charge in [-0.3, -0.25) is 9.89 Å². The van der Waals surface area contributed by atoms with Crippen molar-refractivity contribution in [2.75, 3.05) is 5.32 Å². The maximum absolute atomic E-state index is 13.3. The fourth-order valence-corrected chi connectivity index (χ4v) is 4.71. The number of nitrogens with zero attached hydrogens (tertiary/aromatic N) is 1. The van der Waals surface area contributed by atoms with Crippen LogP contribution in [-0.2, 0) is 10.2 Å². The number of fused-ring (bicyclic) bond motifs is 1. The van der Waals surface area contributed by atoms with Crippen LogP contribution in [0.2, 0.25) is 0 Å². The molecule has 0 saturated carbocycles. The van der Waals surface area contributed by atoms with E-state index in [1.165, 1.54) is 0 Å². The Hall–Kier alpha value is -2.36. The van der Waals surface area contributed by atoms with Crippen molar-refractivity contribution in [3.05, 3.63) is 58.4 Å². The number of Topliss-reactive ketones (excluding diaryl/α,β-unsaturated/α-hetero) is 1. The molecular formula is C22H27N3O. The first-order valence-corrected chi connectivity index (χ1v) is 9.42. The summed E-state index contributed by atoms with van der Waals surface area (Å²) in [6.07, 6.45) is 1.44. The number of aromatic nitrogens is 2. The molecule has 0 bridgehead atoms. The van der Waals surface area contributed by atoms with Gasteiger partial charge in [0.05, 0.1) is 5.41 Å². The summed E-state index contributed by atoms with van der Waals surface area (Å²) in [5.41, 5.74) is 4.79. The topological polar surface area (TPSA) is 57.8 Å². The maximum atomic E-state index is 13.3. The molecule has 4 nitrogen and oxygen atoms in total. The van der Waals surface area contributed by atoms with Crippen LogP contribution >= 0.6 is 0 Å². The largest absolute Gasteiger partial charge is 0.342 e. The van der Waals surface area contributed by atoms with Crippen LogP contribution in [0.3, 0.4) is 0 Å². The fourth-order valence-electron chi connectivity index (χ4n) is 4.71. The maximum Gasteiger partial charge on any atom is 0.162 e. The molecule has 1 aromatic heterocycles. The normalized spacial score (nSPS) is 24.3. The van der Waals surface area contributed by atoms with Gasteiger partial charge in [0, 0.05) is 28.9 Å². The summed E-state index contributed by atoms with van der Waals surface area (Å²) < 4.78 is 0. The highest BCUT2D eigenvalue weighted by Crippen LogP contribution is 2.53. The highest BCUT2D eigenvalue weighted by Gasteiger charge is 2.49. The van der Waals surface area contributed by atoms with Gasteiger partial charge in [-0.25, -0.2) is 0 Å². The van der Waals surface area contributed by atoms with Gasteiger partial charge in [-0.05, 0) is 30.2 Å². The van der Waals surface area contributed by atoms with E-state index < -0.39 is 5.41 Å². The number of H-pyrrole nitrogens is 1. The Morgan fingerprint density at radius 2 is 1.77 bits per heavy atom. The summed E-state index contributed by atoms with van der Waals surface area (Å²) in [7, 11) is 0. The molecule has 1 atom stereocenters. The zero-order valence-corrected chi connectivity index (χ0v) is 16.2. The smallest absolute Gasteiger partial charge is 0.162 e. The lowest BCUT2D eigenvalue weighted by Crippen LogP contribution is -2.42. The number of ketones is 1. The molecule has 136 valence electrons. The average Bonchev–Trinajstić information content (AvgIpc) is 2.98. The molecule has 1 unspecified atom stereocenters. The molecule has 2 N–H and O–H groups in total. The number of carbonyl (C=O) groups excluding carboxylic acids is 1. The van der Waals surface area contributed by atoms with Crippen molar-refractivity contribution in [2.45, 2.75) is 58.8 Å². The highest BCUT2D eigenvalue weighted by molar-refractivity contribution is 6.03. The monoisotopic (exact) mass is 349 g/mol. The molecule has 0 saturated heterocycles. The third kappa shape index (κ3) is 2.35. The van der Waals surface area contributed by atoms with Gasteiger partial charge in [0.25, 0.3) is 0 Å². The molecule has 1 aliphatic carbocycles. The first-order chi connectivity index (χ1) is 12.2. The Balaban J connectivity index is 2.03. The van der Waals surface area contributed by atoms with Crippen molar-refractivity contribution in [1.82, 2.24) is 10.2 Å². The number of benzene rings is 1. The first-order valence-electron chi connectivity index (χ1n) is 9.42. The van der Waals surface area contributed by atoms with Gasteiger partial charge in [0.2, 0.25) is 0 Å². The van der Waals surface area contributed by atoms with E-state index in [2.05, 4.69) is 74.4 Å².